The summed E-state index contributed by atoms with van der Waals surface area (Å²) in [4.78, 5) is 5.20. The van der Waals surface area contributed by atoms with Gasteiger partial charge >= 0.3 is 0 Å². The summed E-state index contributed by atoms with van der Waals surface area (Å²) < 4.78 is 2.28. The Balaban J connectivity index is 1.18. The quantitative estimate of drug-likeness (QED) is 0.138. The standard InChI is InChI=1S/C49H27B5N2/c50-44-43(45(51)47(53)48(54)46(44)52)37-20-8-7-19-36(37)42-34-17-5-3-15-32(34)41(33-16-4-6-18-35(33)42)29-24-26-30(27-25-29)49-55-38-21-9-10-22-40(38)56(49)39-23-11-13-28-12-1-2-14-31(28)39/h1-27H. The predicted octanol–water partition coefficient (Wildman–Crippen LogP) is 7.12. The molecule has 0 atom stereocenters. The zero-order valence-electron chi connectivity index (χ0n) is 30.4. The molecule has 0 spiro atoms. The second-order valence-corrected chi connectivity index (χ2v) is 14.2. The second kappa shape index (κ2) is 13.4. The summed E-state index contributed by atoms with van der Waals surface area (Å²) >= 11 is 0. The lowest BCUT2D eigenvalue weighted by molar-refractivity contribution is 1.11. The van der Waals surface area contributed by atoms with Crippen molar-refractivity contribution in [2.24, 2.45) is 0 Å². The number of benzene rings is 9. The van der Waals surface area contributed by atoms with E-state index in [0.29, 0.717) is 16.5 Å². The molecule has 0 aliphatic rings. The van der Waals surface area contributed by atoms with E-state index in [2.05, 4.69) is 144 Å². The molecule has 7 heteroatoms. The molecule has 0 unspecified atom stereocenters. The molecule has 10 rings (SSSR count). The molecule has 0 saturated carbocycles. The second-order valence-electron chi connectivity index (χ2n) is 14.2. The van der Waals surface area contributed by atoms with E-state index in [1.165, 1.54) is 10.8 Å². The van der Waals surface area contributed by atoms with E-state index in [0.717, 1.165) is 77.5 Å². The van der Waals surface area contributed by atoms with Crippen LogP contribution in [0, 0.1) is 0 Å². The highest BCUT2D eigenvalue weighted by Crippen LogP contribution is 2.46. The third kappa shape index (κ3) is 5.22. The summed E-state index contributed by atoms with van der Waals surface area (Å²) in [6.45, 7) is 0. The van der Waals surface area contributed by atoms with Gasteiger partial charge in [-0.1, -0.05) is 157 Å². The van der Waals surface area contributed by atoms with Crippen LogP contribution in [-0.4, -0.2) is 48.8 Å². The third-order valence-corrected chi connectivity index (χ3v) is 11.1. The van der Waals surface area contributed by atoms with Gasteiger partial charge in [0.1, 0.15) is 45.1 Å². The lowest BCUT2D eigenvalue weighted by Gasteiger charge is -2.24. The Morgan fingerprint density at radius 2 is 0.821 bits per heavy atom. The van der Waals surface area contributed by atoms with Crippen molar-refractivity contribution in [3.8, 4) is 50.5 Å². The van der Waals surface area contributed by atoms with Crippen molar-refractivity contribution in [3.63, 3.8) is 0 Å². The minimum atomic E-state index is 0.193. The zero-order valence-corrected chi connectivity index (χ0v) is 30.4. The van der Waals surface area contributed by atoms with Crippen LogP contribution in [0.15, 0.2) is 164 Å². The Kier molecular flexibility index (Phi) is 8.15. The topological polar surface area (TPSA) is 17.8 Å². The number of hydrogen-bond acceptors (Lipinski definition) is 1. The van der Waals surface area contributed by atoms with Gasteiger partial charge in [0.15, 0.2) is 0 Å². The number of nitrogens with zero attached hydrogens (tertiary/aromatic N) is 2. The minimum absolute atomic E-state index is 0.193. The number of rotatable bonds is 5. The Morgan fingerprint density at radius 1 is 0.357 bits per heavy atom. The molecule has 0 aliphatic carbocycles. The fraction of sp³-hybridized carbons (Fsp3) is 0. The zero-order chi connectivity index (χ0) is 38.1. The van der Waals surface area contributed by atoms with Crippen molar-refractivity contribution in [2.45, 2.75) is 0 Å². The van der Waals surface area contributed by atoms with Gasteiger partial charge in [0.2, 0.25) is 0 Å². The van der Waals surface area contributed by atoms with Crippen molar-refractivity contribution in [1.82, 2.24) is 9.55 Å². The smallest absolute Gasteiger partial charge is 0.145 e. The van der Waals surface area contributed by atoms with Crippen LogP contribution < -0.4 is 27.3 Å². The van der Waals surface area contributed by atoms with Crippen LogP contribution in [0.25, 0.3) is 93.8 Å². The summed E-state index contributed by atoms with van der Waals surface area (Å²) in [6.07, 6.45) is 0. The maximum atomic E-state index is 6.65. The Hall–Kier alpha value is -6.45. The Morgan fingerprint density at radius 3 is 1.46 bits per heavy atom. The van der Waals surface area contributed by atoms with Crippen molar-refractivity contribution in [3.05, 3.63) is 164 Å². The molecule has 56 heavy (non-hydrogen) atoms. The van der Waals surface area contributed by atoms with E-state index in [4.69, 9.17) is 44.2 Å². The van der Waals surface area contributed by atoms with E-state index >= 15 is 0 Å². The lowest BCUT2D eigenvalue weighted by atomic mass is 9.59. The van der Waals surface area contributed by atoms with Gasteiger partial charge in [-0.3, -0.25) is 4.57 Å². The summed E-state index contributed by atoms with van der Waals surface area (Å²) in [5.41, 5.74) is 11.0. The van der Waals surface area contributed by atoms with Gasteiger partial charge in [-0.15, -0.1) is 16.4 Å². The Labute approximate surface area is 332 Å². The molecule has 2 nitrogen and oxygen atoms in total. The summed E-state index contributed by atoms with van der Waals surface area (Å²) in [7, 11) is 32.3. The van der Waals surface area contributed by atoms with Gasteiger partial charge in [0.25, 0.3) is 0 Å². The molecule has 0 aliphatic heterocycles. The van der Waals surface area contributed by atoms with Gasteiger partial charge in [-0.2, -0.15) is 0 Å². The maximum absolute atomic E-state index is 6.65. The Bertz CT molecular complexity index is 3110. The molecule has 1 aromatic heterocycles. The number of para-hydroxylation sites is 2. The molecule has 1 heterocycles. The molecular weight excluding hydrogens is 671 g/mol. The van der Waals surface area contributed by atoms with Crippen LogP contribution >= 0.6 is 0 Å². The van der Waals surface area contributed by atoms with Crippen molar-refractivity contribution < 1.29 is 0 Å². The fourth-order valence-electron chi connectivity index (χ4n) is 8.44. The molecule has 0 bridgehead atoms. The molecule has 248 valence electrons. The maximum Gasteiger partial charge on any atom is 0.145 e. The highest BCUT2D eigenvalue weighted by Gasteiger charge is 2.22. The van der Waals surface area contributed by atoms with Crippen LogP contribution in [0.1, 0.15) is 0 Å². The number of fused-ring (bicyclic) bond motifs is 4. The van der Waals surface area contributed by atoms with Crippen molar-refractivity contribution in [2.75, 3.05) is 0 Å². The summed E-state index contributed by atoms with van der Waals surface area (Å²) in [5.74, 6) is 0.887. The largest absolute Gasteiger partial charge is 0.292 e. The first kappa shape index (κ1) is 34.1. The van der Waals surface area contributed by atoms with Crippen molar-refractivity contribution >= 4 is 110 Å². The van der Waals surface area contributed by atoms with E-state index in [-0.39, 0.29) is 16.4 Å². The van der Waals surface area contributed by atoms with Crippen molar-refractivity contribution in [1.29, 1.82) is 0 Å². The fourth-order valence-corrected chi connectivity index (χ4v) is 8.44. The number of hydrogen-bond donors (Lipinski definition) is 0. The minimum Gasteiger partial charge on any atom is -0.292 e. The first-order valence-electron chi connectivity index (χ1n) is 18.5. The molecular formula is C49H27B5N2. The van der Waals surface area contributed by atoms with E-state index < -0.39 is 0 Å². The van der Waals surface area contributed by atoms with Crippen LogP contribution in [0.2, 0.25) is 0 Å². The predicted molar refractivity (Wildman–Crippen MR) is 242 cm³/mol. The van der Waals surface area contributed by atoms with Gasteiger partial charge < -0.3 is 0 Å². The van der Waals surface area contributed by atoms with E-state index in [1.54, 1.807) is 0 Å². The highest BCUT2D eigenvalue weighted by molar-refractivity contribution is 6.68. The number of imidazole rings is 1. The van der Waals surface area contributed by atoms with Gasteiger partial charge in [0.05, 0.1) is 16.7 Å². The van der Waals surface area contributed by atoms with Crippen LogP contribution in [0.5, 0.6) is 0 Å². The summed E-state index contributed by atoms with van der Waals surface area (Å²) in [6, 6.07) is 57.2. The normalized spacial score (nSPS) is 11.6. The molecule has 10 radical (unpaired) electrons. The molecule has 10 aromatic rings. The van der Waals surface area contributed by atoms with Gasteiger partial charge in [-0.25, -0.2) is 4.98 Å². The first-order chi connectivity index (χ1) is 27.4. The SMILES string of the molecule is [B]c1c([B])c([B])c(-c2ccccc2-c2c3ccccc3c(-c3ccc(-c4nc5ccccc5n4-c4cccc5ccccc45)cc3)c3ccccc23)c([B])c1[B]. The average molecular weight is 698 g/mol. The van der Waals surface area contributed by atoms with Gasteiger partial charge in [0, 0.05) is 10.9 Å². The first-order valence-corrected chi connectivity index (χ1v) is 18.5. The van der Waals surface area contributed by atoms with E-state index in [9.17, 15) is 0 Å². The molecule has 0 amide bonds. The lowest BCUT2D eigenvalue weighted by Crippen LogP contribution is -2.55. The molecule has 0 saturated heterocycles. The van der Waals surface area contributed by atoms with Crippen LogP contribution in [0.4, 0.5) is 0 Å². The van der Waals surface area contributed by atoms with Crippen LogP contribution in [-0.2, 0) is 0 Å². The highest BCUT2D eigenvalue weighted by atomic mass is 15.1. The average Bonchev–Trinajstić information content (AvgIpc) is 3.64. The molecule has 9 aromatic carbocycles. The van der Waals surface area contributed by atoms with Gasteiger partial charge in [-0.05, 0) is 78.5 Å². The molecule has 0 N–H and O–H groups in total. The van der Waals surface area contributed by atoms with Crippen LogP contribution in [0.3, 0.4) is 0 Å². The molecule has 0 fully saturated rings. The summed E-state index contributed by atoms with van der Waals surface area (Å²) in [5, 5.41) is 6.76. The van der Waals surface area contributed by atoms with E-state index in [1.807, 2.05) is 24.3 Å². The third-order valence-electron chi connectivity index (χ3n) is 11.1. The monoisotopic (exact) mass is 698 g/mol. The number of aromatic nitrogens is 2.